The van der Waals surface area contributed by atoms with Gasteiger partial charge in [-0.05, 0) is 32.0 Å². The number of benzene rings is 1. The molecule has 0 aliphatic carbocycles. The molecule has 4 heteroatoms. The zero-order valence-electron chi connectivity index (χ0n) is 10.6. The van der Waals surface area contributed by atoms with Crippen LogP contribution in [0.25, 0.3) is 11.0 Å². The first-order valence-electron chi connectivity index (χ1n) is 5.66. The number of rotatable bonds is 2. The summed E-state index contributed by atoms with van der Waals surface area (Å²) in [5, 5.41) is 0.706. The van der Waals surface area contributed by atoms with Gasteiger partial charge in [0.1, 0.15) is 5.82 Å². The van der Waals surface area contributed by atoms with Crippen LogP contribution in [0, 0.1) is 0 Å². The van der Waals surface area contributed by atoms with Crippen molar-refractivity contribution in [3.63, 3.8) is 0 Å². The van der Waals surface area contributed by atoms with Crippen LogP contribution in [-0.4, -0.2) is 15.5 Å². The average Bonchev–Trinajstić information content (AvgIpc) is 2.58. The third-order valence-electron chi connectivity index (χ3n) is 3.65. The molecule has 1 aromatic carbocycles. The predicted molar refractivity (Wildman–Crippen MR) is 72.4 cm³/mol. The average molecular weight is 252 g/mol. The Morgan fingerprint density at radius 1 is 1.24 bits per heavy atom. The number of aromatic nitrogens is 2. The van der Waals surface area contributed by atoms with E-state index in [9.17, 15) is 0 Å². The van der Waals surface area contributed by atoms with Crippen molar-refractivity contribution in [2.24, 2.45) is 5.73 Å². The summed E-state index contributed by atoms with van der Waals surface area (Å²) in [4.78, 5) is 7.91. The molecule has 1 aromatic heterocycles. The summed E-state index contributed by atoms with van der Waals surface area (Å²) in [5.74, 6) is 0.891. The smallest absolute Gasteiger partial charge is 0.114 e. The molecule has 1 heterocycles. The number of imidazole rings is 1. The largest absolute Gasteiger partial charge is 0.341 e. The molecule has 2 rings (SSSR count). The van der Waals surface area contributed by atoms with E-state index in [2.05, 4.69) is 23.8 Å². The molecule has 0 aliphatic rings. The molecule has 0 fully saturated rings. The second-order valence-corrected chi connectivity index (χ2v) is 6.03. The third-order valence-corrected chi connectivity index (χ3v) is 3.88. The van der Waals surface area contributed by atoms with E-state index < -0.39 is 0 Å². The molecule has 0 unspecified atom stereocenters. The highest BCUT2D eigenvalue weighted by Gasteiger charge is 2.37. The fourth-order valence-corrected chi connectivity index (χ4v) is 1.76. The van der Waals surface area contributed by atoms with Crippen LogP contribution < -0.4 is 5.73 Å². The number of H-pyrrole nitrogens is 1. The Morgan fingerprint density at radius 2 is 1.88 bits per heavy atom. The molecule has 3 nitrogen and oxygen atoms in total. The minimum Gasteiger partial charge on any atom is -0.341 e. The summed E-state index contributed by atoms with van der Waals surface area (Å²) < 4.78 is 0. The van der Waals surface area contributed by atoms with Crippen LogP contribution in [0.4, 0.5) is 0 Å². The quantitative estimate of drug-likeness (QED) is 0.861. The number of nitrogens with two attached hydrogens (primary N) is 1. The van der Waals surface area contributed by atoms with Gasteiger partial charge in [0.15, 0.2) is 0 Å². The fraction of sp³-hybridized carbons (Fsp3) is 0.462. The van der Waals surface area contributed by atoms with Gasteiger partial charge in [0.25, 0.3) is 0 Å². The van der Waals surface area contributed by atoms with Gasteiger partial charge >= 0.3 is 0 Å². The minimum atomic E-state index is -0.356. The third kappa shape index (κ3) is 2.05. The van der Waals surface area contributed by atoms with Crippen molar-refractivity contribution in [2.75, 3.05) is 0 Å². The van der Waals surface area contributed by atoms with Gasteiger partial charge in [-0.25, -0.2) is 4.98 Å². The first kappa shape index (κ1) is 12.4. The van der Waals surface area contributed by atoms with Crippen LogP contribution in [0.2, 0.25) is 5.02 Å². The highest BCUT2D eigenvalue weighted by molar-refractivity contribution is 6.31. The van der Waals surface area contributed by atoms with Gasteiger partial charge in [0.05, 0.1) is 11.0 Å². The molecule has 0 bridgehead atoms. The molecule has 0 amide bonds. The molecule has 92 valence electrons. The van der Waals surface area contributed by atoms with E-state index in [1.165, 1.54) is 0 Å². The number of hydrogen-bond donors (Lipinski definition) is 2. The molecular formula is C13H18ClN3. The minimum absolute atomic E-state index is 0.238. The molecule has 2 aromatic rings. The van der Waals surface area contributed by atoms with Crippen LogP contribution in [0.1, 0.15) is 33.5 Å². The lowest BCUT2D eigenvalue weighted by Gasteiger charge is -2.36. The Kier molecular flexibility index (Phi) is 2.71. The van der Waals surface area contributed by atoms with E-state index >= 15 is 0 Å². The standard InChI is InChI=1S/C13H18ClN3/c1-12(2,13(3,4)15)11-16-9-6-5-8(14)7-10(9)17-11/h5-7H,15H2,1-4H3,(H,16,17). The molecule has 0 saturated heterocycles. The van der Waals surface area contributed by atoms with Crippen molar-refractivity contribution in [1.82, 2.24) is 9.97 Å². The highest BCUT2D eigenvalue weighted by atomic mass is 35.5. The molecule has 3 N–H and O–H groups in total. The Hall–Kier alpha value is -1.06. The predicted octanol–water partition coefficient (Wildman–Crippen LogP) is 3.23. The van der Waals surface area contributed by atoms with E-state index in [1.807, 2.05) is 32.0 Å². The van der Waals surface area contributed by atoms with Gasteiger partial charge in [-0.3, -0.25) is 0 Å². The summed E-state index contributed by atoms with van der Waals surface area (Å²) >= 11 is 5.96. The van der Waals surface area contributed by atoms with E-state index in [1.54, 1.807) is 0 Å². The first-order valence-corrected chi connectivity index (χ1v) is 6.04. The van der Waals surface area contributed by atoms with Gasteiger partial charge < -0.3 is 10.7 Å². The van der Waals surface area contributed by atoms with Crippen molar-refractivity contribution in [3.8, 4) is 0 Å². The molecule has 0 atom stereocenters. The monoisotopic (exact) mass is 251 g/mol. The summed E-state index contributed by atoms with van der Waals surface area (Å²) in [6, 6.07) is 5.64. The highest BCUT2D eigenvalue weighted by Crippen LogP contribution is 2.32. The molecule has 0 radical (unpaired) electrons. The van der Waals surface area contributed by atoms with Gasteiger partial charge in [0, 0.05) is 16.0 Å². The molecule has 0 spiro atoms. The Labute approximate surface area is 106 Å². The Bertz CT molecular complexity index is 549. The summed E-state index contributed by atoms with van der Waals surface area (Å²) in [5.41, 5.74) is 7.48. The van der Waals surface area contributed by atoms with Crippen molar-refractivity contribution >= 4 is 22.6 Å². The number of fused-ring (bicyclic) bond motifs is 1. The molecule has 0 saturated carbocycles. The first-order chi connectivity index (χ1) is 7.72. The SMILES string of the molecule is CC(C)(N)C(C)(C)c1nc2ccc(Cl)cc2[nH]1. The van der Waals surface area contributed by atoms with Crippen LogP contribution in [0.15, 0.2) is 18.2 Å². The topological polar surface area (TPSA) is 54.7 Å². The normalized spacial score (nSPS) is 13.3. The number of aromatic amines is 1. The maximum Gasteiger partial charge on any atom is 0.114 e. The van der Waals surface area contributed by atoms with Crippen molar-refractivity contribution < 1.29 is 0 Å². The van der Waals surface area contributed by atoms with E-state index in [0.717, 1.165) is 16.9 Å². The van der Waals surface area contributed by atoms with Crippen molar-refractivity contribution in [3.05, 3.63) is 29.0 Å². The lowest BCUT2D eigenvalue weighted by Crippen LogP contribution is -2.50. The zero-order chi connectivity index (χ0) is 12.8. The number of nitrogens with zero attached hydrogens (tertiary/aromatic N) is 1. The molecular weight excluding hydrogens is 234 g/mol. The van der Waals surface area contributed by atoms with Crippen LogP contribution in [0.3, 0.4) is 0 Å². The zero-order valence-corrected chi connectivity index (χ0v) is 11.4. The number of nitrogens with one attached hydrogen (secondary N) is 1. The van der Waals surface area contributed by atoms with Gasteiger partial charge in [0.2, 0.25) is 0 Å². The summed E-state index contributed by atoms with van der Waals surface area (Å²) in [7, 11) is 0. The number of hydrogen-bond acceptors (Lipinski definition) is 2. The second-order valence-electron chi connectivity index (χ2n) is 5.59. The van der Waals surface area contributed by atoms with Gasteiger partial charge in [-0.1, -0.05) is 25.4 Å². The van der Waals surface area contributed by atoms with Crippen molar-refractivity contribution in [2.45, 2.75) is 38.6 Å². The van der Waals surface area contributed by atoms with Gasteiger partial charge in [-0.2, -0.15) is 0 Å². The lowest BCUT2D eigenvalue weighted by atomic mass is 9.74. The molecule has 0 aliphatic heterocycles. The van der Waals surface area contributed by atoms with E-state index in [0.29, 0.717) is 5.02 Å². The maximum atomic E-state index is 6.21. The second kappa shape index (κ2) is 3.72. The molecule has 17 heavy (non-hydrogen) atoms. The van der Waals surface area contributed by atoms with E-state index in [4.69, 9.17) is 17.3 Å². The maximum absolute atomic E-state index is 6.21. The number of halogens is 1. The fourth-order valence-electron chi connectivity index (χ4n) is 1.58. The summed E-state index contributed by atoms with van der Waals surface area (Å²) in [6.07, 6.45) is 0. The lowest BCUT2D eigenvalue weighted by molar-refractivity contribution is 0.293. The van der Waals surface area contributed by atoms with Crippen LogP contribution >= 0.6 is 11.6 Å². The van der Waals surface area contributed by atoms with E-state index in [-0.39, 0.29) is 11.0 Å². The van der Waals surface area contributed by atoms with Crippen LogP contribution in [0.5, 0.6) is 0 Å². The van der Waals surface area contributed by atoms with Crippen molar-refractivity contribution in [1.29, 1.82) is 0 Å². The van der Waals surface area contributed by atoms with Gasteiger partial charge in [-0.15, -0.1) is 0 Å². The Morgan fingerprint density at radius 3 is 2.47 bits per heavy atom. The Balaban J connectivity index is 2.57. The summed E-state index contributed by atoms with van der Waals surface area (Å²) in [6.45, 7) is 8.19. The van der Waals surface area contributed by atoms with Crippen LogP contribution in [-0.2, 0) is 5.41 Å².